The Morgan fingerprint density at radius 1 is 1.44 bits per heavy atom. The highest BCUT2D eigenvalue weighted by Gasteiger charge is 2.11. The van der Waals surface area contributed by atoms with Gasteiger partial charge in [0, 0.05) is 18.8 Å². The van der Waals surface area contributed by atoms with Gasteiger partial charge in [0.2, 0.25) is 0 Å². The van der Waals surface area contributed by atoms with Crippen molar-refractivity contribution in [1.29, 1.82) is 0 Å². The first-order valence-corrected chi connectivity index (χ1v) is 5.78. The van der Waals surface area contributed by atoms with Gasteiger partial charge in [-0.3, -0.25) is 4.98 Å². The third-order valence-corrected chi connectivity index (χ3v) is 3.49. The van der Waals surface area contributed by atoms with Crippen LogP contribution in [0.2, 0.25) is 0 Å². The summed E-state index contributed by atoms with van der Waals surface area (Å²) in [5.74, 6) is 0.618. The Bertz CT molecular complexity index is 466. The second-order valence-electron chi connectivity index (χ2n) is 3.68. The Balaban J connectivity index is 2.15. The molecule has 0 aliphatic rings. The van der Waals surface area contributed by atoms with Gasteiger partial charge < -0.3 is 10.6 Å². The van der Waals surface area contributed by atoms with Crippen molar-refractivity contribution < 1.29 is 0 Å². The highest BCUT2D eigenvalue weighted by Crippen LogP contribution is 2.29. The molecule has 0 bridgehead atoms. The average molecular weight is 234 g/mol. The molecule has 2 rings (SSSR count). The molecule has 0 atom stereocenters. The zero-order chi connectivity index (χ0) is 11.5. The summed E-state index contributed by atoms with van der Waals surface area (Å²) < 4.78 is 4.14. The summed E-state index contributed by atoms with van der Waals surface area (Å²) >= 11 is 1.43. The van der Waals surface area contributed by atoms with E-state index in [1.54, 1.807) is 6.20 Å². The standard InChI is InChI=1S/C11H14N4S/c1-8-10(12)14-16-11(8)15(2)7-9-5-3-4-6-13-9/h3-6H,7H2,1-2H3,(H2,12,14). The number of rotatable bonds is 3. The van der Waals surface area contributed by atoms with Crippen molar-refractivity contribution in [2.24, 2.45) is 0 Å². The Morgan fingerprint density at radius 2 is 2.25 bits per heavy atom. The van der Waals surface area contributed by atoms with Gasteiger partial charge in [0.05, 0.1) is 12.2 Å². The van der Waals surface area contributed by atoms with Gasteiger partial charge in [0.1, 0.15) is 10.8 Å². The zero-order valence-corrected chi connectivity index (χ0v) is 10.2. The zero-order valence-electron chi connectivity index (χ0n) is 9.34. The summed E-state index contributed by atoms with van der Waals surface area (Å²) in [4.78, 5) is 6.41. The average Bonchev–Trinajstić information content (AvgIpc) is 2.61. The summed E-state index contributed by atoms with van der Waals surface area (Å²) in [5.41, 5.74) is 7.81. The molecule has 0 fully saturated rings. The van der Waals surface area contributed by atoms with Crippen LogP contribution in [0.25, 0.3) is 0 Å². The van der Waals surface area contributed by atoms with E-state index in [-0.39, 0.29) is 0 Å². The van der Waals surface area contributed by atoms with E-state index in [4.69, 9.17) is 5.73 Å². The maximum Gasteiger partial charge on any atom is 0.142 e. The highest BCUT2D eigenvalue weighted by molar-refractivity contribution is 7.10. The van der Waals surface area contributed by atoms with Crippen molar-refractivity contribution in [1.82, 2.24) is 9.36 Å². The Morgan fingerprint density at radius 3 is 2.81 bits per heavy atom. The number of hydrogen-bond donors (Lipinski definition) is 1. The van der Waals surface area contributed by atoms with Crippen LogP contribution in [0.3, 0.4) is 0 Å². The molecule has 0 spiro atoms. The van der Waals surface area contributed by atoms with E-state index in [2.05, 4.69) is 14.3 Å². The maximum absolute atomic E-state index is 5.73. The molecule has 0 radical (unpaired) electrons. The van der Waals surface area contributed by atoms with Crippen LogP contribution < -0.4 is 10.6 Å². The molecule has 0 aliphatic carbocycles. The number of aromatic nitrogens is 2. The van der Waals surface area contributed by atoms with Crippen molar-refractivity contribution >= 4 is 22.4 Å². The van der Waals surface area contributed by atoms with E-state index in [1.165, 1.54) is 11.5 Å². The molecule has 16 heavy (non-hydrogen) atoms. The highest BCUT2D eigenvalue weighted by atomic mass is 32.1. The van der Waals surface area contributed by atoms with Gasteiger partial charge in [0.25, 0.3) is 0 Å². The van der Waals surface area contributed by atoms with Crippen LogP contribution in [-0.4, -0.2) is 16.4 Å². The molecular formula is C11H14N4S. The summed E-state index contributed by atoms with van der Waals surface area (Å²) in [6.45, 7) is 2.76. The predicted octanol–water partition coefficient (Wildman–Crippen LogP) is 2.07. The van der Waals surface area contributed by atoms with Crippen molar-refractivity contribution in [2.45, 2.75) is 13.5 Å². The van der Waals surface area contributed by atoms with Gasteiger partial charge in [-0.1, -0.05) is 6.07 Å². The molecule has 84 valence electrons. The lowest BCUT2D eigenvalue weighted by Gasteiger charge is -2.16. The van der Waals surface area contributed by atoms with E-state index in [0.29, 0.717) is 5.82 Å². The molecule has 0 amide bonds. The molecule has 2 aromatic heterocycles. The van der Waals surface area contributed by atoms with E-state index in [0.717, 1.165) is 22.8 Å². The summed E-state index contributed by atoms with van der Waals surface area (Å²) in [7, 11) is 2.02. The summed E-state index contributed by atoms with van der Waals surface area (Å²) in [5, 5.41) is 1.10. The number of nitrogen functional groups attached to an aromatic ring is 1. The number of hydrogen-bond acceptors (Lipinski definition) is 5. The first-order chi connectivity index (χ1) is 7.68. The quantitative estimate of drug-likeness (QED) is 0.883. The van der Waals surface area contributed by atoms with Gasteiger partial charge >= 0.3 is 0 Å². The normalized spacial score (nSPS) is 10.4. The lowest BCUT2D eigenvalue weighted by Crippen LogP contribution is -2.16. The molecule has 4 nitrogen and oxygen atoms in total. The Kier molecular flexibility index (Phi) is 3.05. The molecule has 2 aromatic rings. The molecule has 2 N–H and O–H groups in total. The molecule has 0 saturated carbocycles. The lowest BCUT2D eigenvalue weighted by atomic mass is 10.3. The molecule has 5 heteroatoms. The second-order valence-corrected chi connectivity index (χ2v) is 4.43. The molecule has 0 aliphatic heterocycles. The third-order valence-electron chi connectivity index (χ3n) is 2.41. The predicted molar refractivity (Wildman–Crippen MR) is 67.6 cm³/mol. The molecule has 0 unspecified atom stereocenters. The Hall–Kier alpha value is -1.62. The fraction of sp³-hybridized carbons (Fsp3) is 0.273. The van der Waals surface area contributed by atoms with E-state index < -0.39 is 0 Å². The van der Waals surface area contributed by atoms with Crippen LogP contribution in [0.5, 0.6) is 0 Å². The lowest BCUT2D eigenvalue weighted by molar-refractivity contribution is 0.891. The van der Waals surface area contributed by atoms with Crippen LogP contribution in [-0.2, 0) is 6.54 Å². The first kappa shape index (κ1) is 10.9. The largest absolute Gasteiger partial charge is 0.383 e. The SMILES string of the molecule is Cc1c(N)nsc1N(C)Cc1ccccn1. The molecule has 0 saturated heterocycles. The van der Waals surface area contributed by atoms with Crippen LogP contribution in [0.1, 0.15) is 11.3 Å². The first-order valence-electron chi connectivity index (χ1n) is 5.01. The number of anilines is 2. The molecule has 0 aromatic carbocycles. The minimum atomic E-state index is 0.618. The van der Waals surface area contributed by atoms with Crippen molar-refractivity contribution in [2.75, 3.05) is 17.7 Å². The van der Waals surface area contributed by atoms with Crippen LogP contribution >= 0.6 is 11.5 Å². The van der Waals surface area contributed by atoms with Crippen molar-refractivity contribution in [3.05, 3.63) is 35.7 Å². The summed E-state index contributed by atoms with van der Waals surface area (Å²) in [6, 6.07) is 5.92. The smallest absolute Gasteiger partial charge is 0.142 e. The van der Waals surface area contributed by atoms with Crippen LogP contribution in [0.4, 0.5) is 10.8 Å². The second kappa shape index (κ2) is 4.49. The number of pyridine rings is 1. The minimum absolute atomic E-state index is 0.618. The van der Waals surface area contributed by atoms with Gasteiger partial charge in [-0.2, -0.15) is 4.37 Å². The Labute approximate surface area is 98.9 Å². The fourth-order valence-corrected chi connectivity index (χ4v) is 2.27. The molecule has 2 heterocycles. The van der Waals surface area contributed by atoms with Crippen molar-refractivity contribution in [3.63, 3.8) is 0 Å². The van der Waals surface area contributed by atoms with E-state index >= 15 is 0 Å². The topological polar surface area (TPSA) is 55.0 Å². The van der Waals surface area contributed by atoms with E-state index in [9.17, 15) is 0 Å². The van der Waals surface area contributed by atoms with E-state index in [1.807, 2.05) is 32.2 Å². The summed E-state index contributed by atoms with van der Waals surface area (Å²) in [6.07, 6.45) is 1.80. The van der Waals surface area contributed by atoms with Gasteiger partial charge in [-0.05, 0) is 30.6 Å². The van der Waals surface area contributed by atoms with Crippen LogP contribution in [0, 0.1) is 6.92 Å². The monoisotopic (exact) mass is 234 g/mol. The van der Waals surface area contributed by atoms with Crippen LogP contribution in [0.15, 0.2) is 24.4 Å². The number of nitrogens with zero attached hydrogens (tertiary/aromatic N) is 3. The third kappa shape index (κ3) is 2.14. The maximum atomic E-state index is 5.73. The fourth-order valence-electron chi connectivity index (χ4n) is 1.50. The van der Waals surface area contributed by atoms with Gasteiger partial charge in [-0.25, -0.2) is 0 Å². The molecular weight excluding hydrogens is 220 g/mol. The van der Waals surface area contributed by atoms with Gasteiger partial charge in [0.15, 0.2) is 0 Å². The van der Waals surface area contributed by atoms with Gasteiger partial charge in [-0.15, -0.1) is 0 Å². The number of nitrogens with two attached hydrogens (primary N) is 1. The van der Waals surface area contributed by atoms with Crippen molar-refractivity contribution in [3.8, 4) is 0 Å². The minimum Gasteiger partial charge on any atom is -0.383 e.